The van der Waals surface area contributed by atoms with Crippen molar-refractivity contribution in [2.24, 2.45) is 5.41 Å². The summed E-state index contributed by atoms with van der Waals surface area (Å²) < 4.78 is 44.1. The molecule has 1 fully saturated rings. The number of nitrogens with zero attached hydrogens (tertiary/aromatic N) is 1. The van der Waals surface area contributed by atoms with Crippen molar-refractivity contribution in [2.75, 3.05) is 6.54 Å². The van der Waals surface area contributed by atoms with Crippen molar-refractivity contribution in [1.82, 2.24) is 15.5 Å². The van der Waals surface area contributed by atoms with Gasteiger partial charge in [-0.3, -0.25) is 14.4 Å². The number of alkyl halides is 2. The lowest BCUT2D eigenvalue weighted by atomic mass is 9.81. The van der Waals surface area contributed by atoms with E-state index in [1.165, 1.54) is 31.2 Å². The van der Waals surface area contributed by atoms with Crippen LogP contribution in [0.3, 0.4) is 0 Å². The van der Waals surface area contributed by atoms with Crippen LogP contribution in [-0.4, -0.2) is 63.5 Å². The second kappa shape index (κ2) is 12.9. The molecule has 3 atom stereocenters. The van der Waals surface area contributed by atoms with Gasteiger partial charge in [0.15, 0.2) is 6.10 Å². The van der Waals surface area contributed by atoms with Gasteiger partial charge in [0.1, 0.15) is 17.6 Å². The fourth-order valence-corrected chi connectivity index (χ4v) is 5.52. The van der Waals surface area contributed by atoms with E-state index >= 15 is 8.78 Å². The van der Waals surface area contributed by atoms with Gasteiger partial charge in [0.05, 0.1) is 18.0 Å². The number of hydrogen-bond acceptors (Lipinski definition) is 5. The van der Waals surface area contributed by atoms with Crippen molar-refractivity contribution >= 4 is 29.3 Å². The number of phenols is 1. The largest absolute Gasteiger partial charge is 0.508 e. The Morgan fingerprint density at radius 2 is 1.75 bits per heavy atom. The third kappa shape index (κ3) is 6.68. The van der Waals surface area contributed by atoms with Crippen LogP contribution in [0.2, 0.25) is 5.02 Å². The van der Waals surface area contributed by atoms with Crippen molar-refractivity contribution in [2.45, 2.75) is 57.8 Å². The highest BCUT2D eigenvalue weighted by atomic mass is 35.5. The summed E-state index contributed by atoms with van der Waals surface area (Å²) in [6.07, 6.45) is -2.08. The Morgan fingerprint density at radius 1 is 1.07 bits per heavy atom. The van der Waals surface area contributed by atoms with Gasteiger partial charge in [-0.2, -0.15) is 0 Å². The molecule has 0 spiro atoms. The number of amides is 3. The van der Waals surface area contributed by atoms with E-state index in [-0.39, 0.29) is 34.9 Å². The number of aromatic hydroxyl groups is 1. The highest BCUT2D eigenvalue weighted by molar-refractivity contribution is 6.31. The molecule has 3 aromatic rings. The van der Waals surface area contributed by atoms with E-state index in [1.807, 2.05) is 0 Å². The van der Waals surface area contributed by atoms with Gasteiger partial charge < -0.3 is 25.7 Å². The monoisotopic (exact) mass is 631 g/mol. The SMILES string of the molecule is Cc1c(O)cccc1C(=O)N[C@@H](Cc1ccccc1)[C@H](O)C(=O)N1CC(F)(F)C(C)(C)[C@H]1C(=O)NCc1ccc(F)cc1Cl. The molecule has 0 radical (unpaired) electrons. The van der Waals surface area contributed by atoms with Gasteiger partial charge in [-0.25, -0.2) is 13.2 Å². The second-order valence-corrected chi connectivity index (χ2v) is 11.8. The minimum absolute atomic E-state index is 0.0196. The third-order valence-corrected chi connectivity index (χ3v) is 8.46. The average Bonchev–Trinajstić information content (AvgIpc) is 3.16. The second-order valence-electron chi connectivity index (χ2n) is 11.4. The predicted octanol–water partition coefficient (Wildman–Crippen LogP) is 4.38. The molecule has 4 rings (SSSR count). The Bertz CT molecular complexity index is 1550. The Balaban J connectivity index is 1.62. The maximum absolute atomic E-state index is 15.3. The lowest BCUT2D eigenvalue weighted by molar-refractivity contribution is -0.148. The molecule has 0 aromatic heterocycles. The zero-order valence-electron chi connectivity index (χ0n) is 24.3. The zero-order valence-corrected chi connectivity index (χ0v) is 25.0. The number of aliphatic hydroxyl groups excluding tert-OH is 1. The van der Waals surface area contributed by atoms with Crippen LogP contribution in [0.5, 0.6) is 5.75 Å². The van der Waals surface area contributed by atoms with Crippen molar-refractivity contribution in [1.29, 1.82) is 0 Å². The van der Waals surface area contributed by atoms with Crippen LogP contribution >= 0.6 is 11.6 Å². The molecule has 44 heavy (non-hydrogen) atoms. The van der Waals surface area contributed by atoms with Crippen LogP contribution in [-0.2, 0) is 22.6 Å². The van der Waals surface area contributed by atoms with Crippen LogP contribution < -0.4 is 10.6 Å². The number of rotatable bonds is 9. The fraction of sp³-hybridized carbons (Fsp3) is 0.344. The van der Waals surface area contributed by atoms with E-state index in [0.717, 1.165) is 26.0 Å². The summed E-state index contributed by atoms with van der Waals surface area (Å²) in [5.74, 6) is -7.05. The molecule has 0 saturated carbocycles. The molecule has 4 N–H and O–H groups in total. The first kappa shape index (κ1) is 32.8. The van der Waals surface area contributed by atoms with Gasteiger partial charge in [0.25, 0.3) is 17.7 Å². The van der Waals surface area contributed by atoms with E-state index < -0.39 is 59.6 Å². The lowest BCUT2D eigenvalue weighted by Crippen LogP contribution is -2.57. The lowest BCUT2D eigenvalue weighted by Gasteiger charge is -2.34. The number of phenolic OH excluding ortho intramolecular Hbond substituents is 1. The Morgan fingerprint density at radius 3 is 2.41 bits per heavy atom. The highest BCUT2D eigenvalue weighted by Crippen LogP contribution is 2.48. The van der Waals surface area contributed by atoms with Crippen LogP contribution in [0.25, 0.3) is 0 Å². The van der Waals surface area contributed by atoms with E-state index in [9.17, 15) is 29.0 Å². The molecule has 1 aliphatic heterocycles. The molecular formula is C32H33ClF3N3O5. The number of halogens is 4. The maximum Gasteiger partial charge on any atom is 0.272 e. The first-order valence-corrected chi connectivity index (χ1v) is 14.2. The number of aliphatic hydroxyl groups is 1. The van der Waals surface area contributed by atoms with Crippen molar-refractivity contribution < 1.29 is 37.8 Å². The molecule has 8 nitrogen and oxygen atoms in total. The average molecular weight is 632 g/mol. The van der Waals surface area contributed by atoms with E-state index in [1.54, 1.807) is 30.3 Å². The summed E-state index contributed by atoms with van der Waals surface area (Å²) in [4.78, 5) is 41.1. The quantitative estimate of drug-likeness (QED) is 0.280. The molecule has 1 heterocycles. The number of likely N-dealkylation sites (tertiary alicyclic amines) is 1. The smallest absolute Gasteiger partial charge is 0.272 e. The first-order chi connectivity index (χ1) is 20.6. The number of benzene rings is 3. The molecule has 1 saturated heterocycles. The topological polar surface area (TPSA) is 119 Å². The van der Waals surface area contributed by atoms with E-state index in [0.29, 0.717) is 16.0 Å². The van der Waals surface area contributed by atoms with Gasteiger partial charge in [-0.15, -0.1) is 0 Å². The number of hydrogen-bond donors (Lipinski definition) is 4. The van der Waals surface area contributed by atoms with Crippen LogP contribution in [0.1, 0.15) is 40.9 Å². The number of carbonyl (C=O) groups is 3. The van der Waals surface area contributed by atoms with Crippen molar-refractivity contribution in [3.8, 4) is 5.75 Å². The predicted molar refractivity (Wildman–Crippen MR) is 158 cm³/mol. The first-order valence-electron chi connectivity index (χ1n) is 13.9. The molecule has 12 heteroatoms. The minimum atomic E-state index is -3.52. The summed E-state index contributed by atoms with van der Waals surface area (Å²) in [5.41, 5.74) is -0.725. The fourth-order valence-electron chi connectivity index (χ4n) is 5.28. The van der Waals surface area contributed by atoms with Gasteiger partial charge in [0.2, 0.25) is 5.91 Å². The van der Waals surface area contributed by atoms with Crippen LogP contribution in [0.15, 0.2) is 66.7 Å². The van der Waals surface area contributed by atoms with Gasteiger partial charge in [-0.1, -0.05) is 67.9 Å². The molecule has 0 unspecified atom stereocenters. The normalized spacial score (nSPS) is 18.4. The standard InChI is InChI=1S/C32H33ClF3N3O5/c1-18-22(10-7-11-25(18)40)28(42)38-24(14-19-8-5-4-6-9-19)26(41)30(44)39-17-32(35,36)31(2,3)27(39)29(43)37-16-20-12-13-21(34)15-23(20)33/h4-13,15,24,26-27,40-41H,14,16-17H2,1-3H3,(H,37,43)(H,38,42)/t24-,26-,27+/m0/s1. The Labute approximate surface area is 257 Å². The van der Waals surface area contributed by atoms with Gasteiger partial charge in [0, 0.05) is 22.7 Å². The summed E-state index contributed by atoms with van der Waals surface area (Å²) >= 11 is 6.04. The molecule has 234 valence electrons. The highest BCUT2D eigenvalue weighted by Gasteiger charge is 2.64. The van der Waals surface area contributed by atoms with Gasteiger partial charge >= 0.3 is 0 Å². The third-order valence-electron chi connectivity index (χ3n) is 8.11. The molecular weight excluding hydrogens is 599 g/mol. The molecule has 0 aliphatic carbocycles. The minimum Gasteiger partial charge on any atom is -0.508 e. The zero-order chi connectivity index (χ0) is 32.4. The molecule has 1 aliphatic rings. The maximum atomic E-state index is 15.3. The van der Waals surface area contributed by atoms with Crippen LogP contribution in [0, 0.1) is 18.2 Å². The number of carbonyl (C=O) groups excluding carboxylic acids is 3. The van der Waals surface area contributed by atoms with Crippen molar-refractivity contribution in [3.63, 3.8) is 0 Å². The molecule has 3 amide bonds. The van der Waals surface area contributed by atoms with Gasteiger partial charge in [-0.05, 0) is 48.7 Å². The van der Waals surface area contributed by atoms with E-state index in [4.69, 9.17) is 11.6 Å². The Hall–Kier alpha value is -4.09. The molecule has 0 bridgehead atoms. The summed E-state index contributed by atoms with van der Waals surface area (Å²) in [7, 11) is 0. The van der Waals surface area contributed by atoms with E-state index in [2.05, 4.69) is 10.6 Å². The molecule has 3 aromatic carbocycles. The summed E-state index contributed by atoms with van der Waals surface area (Å²) in [5, 5.41) is 26.5. The Kier molecular flexibility index (Phi) is 9.60. The van der Waals surface area contributed by atoms with Crippen molar-refractivity contribution in [3.05, 3.63) is 99.8 Å². The van der Waals surface area contributed by atoms with Crippen LogP contribution in [0.4, 0.5) is 13.2 Å². The summed E-state index contributed by atoms with van der Waals surface area (Å²) in [6, 6.07) is 13.4. The number of nitrogens with one attached hydrogen (secondary N) is 2. The summed E-state index contributed by atoms with van der Waals surface area (Å²) in [6.45, 7) is 2.44.